The lowest BCUT2D eigenvalue weighted by molar-refractivity contribution is 0.103. The number of methoxy groups -OCH3 is 1. The number of rotatable bonds is 3. The lowest BCUT2D eigenvalue weighted by Gasteiger charge is -2.22. The molecule has 3 heteroatoms. The third kappa shape index (κ3) is 3.35. The van der Waals surface area contributed by atoms with Gasteiger partial charge in [0.15, 0.2) is 5.78 Å². The van der Waals surface area contributed by atoms with Crippen molar-refractivity contribution >= 4 is 21.7 Å². The molecule has 0 aliphatic heterocycles. The van der Waals surface area contributed by atoms with E-state index in [1.165, 1.54) is 0 Å². The summed E-state index contributed by atoms with van der Waals surface area (Å²) in [6.45, 7) is 6.34. The molecule has 0 radical (unpaired) electrons. The topological polar surface area (TPSA) is 26.3 Å². The zero-order valence-corrected chi connectivity index (χ0v) is 14.3. The van der Waals surface area contributed by atoms with Crippen molar-refractivity contribution < 1.29 is 9.53 Å². The highest BCUT2D eigenvalue weighted by atomic mass is 79.9. The summed E-state index contributed by atoms with van der Waals surface area (Å²) in [5.74, 6) is 0.748. The fraction of sp³-hybridized carbons (Fsp3) is 0.278. The van der Waals surface area contributed by atoms with Crippen LogP contribution in [0.3, 0.4) is 0 Å². The lowest BCUT2D eigenvalue weighted by atomic mass is 9.82. The van der Waals surface area contributed by atoms with Gasteiger partial charge in [-0.3, -0.25) is 4.79 Å². The second-order valence-corrected chi connectivity index (χ2v) is 6.82. The second kappa shape index (κ2) is 6.02. The van der Waals surface area contributed by atoms with Crippen molar-refractivity contribution in [3.05, 3.63) is 63.6 Å². The van der Waals surface area contributed by atoms with Crippen LogP contribution in [0.2, 0.25) is 0 Å². The number of ether oxygens (including phenoxy) is 1. The third-order valence-corrected chi connectivity index (χ3v) is 4.06. The van der Waals surface area contributed by atoms with E-state index in [0.29, 0.717) is 5.56 Å². The Hall–Kier alpha value is -1.61. The maximum atomic E-state index is 12.9. The van der Waals surface area contributed by atoms with Gasteiger partial charge in [-0.15, -0.1) is 0 Å². The highest BCUT2D eigenvalue weighted by Crippen LogP contribution is 2.30. The predicted molar refractivity (Wildman–Crippen MR) is 89.3 cm³/mol. The van der Waals surface area contributed by atoms with Gasteiger partial charge in [-0.25, -0.2) is 0 Å². The van der Waals surface area contributed by atoms with Gasteiger partial charge >= 0.3 is 0 Å². The zero-order chi connectivity index (χ0) is 15.6. The average Bonchev–Trinajstić information content (AvgIpc) is 2.45. The molecule has 0 saturated heterocycles. The van der Waals surface area contributed by atoms with E-state index in [4.69, 9.17) is 4.74 Å². The summed E-state index contributed by atoms with van der Waals surface area (Å²) < 4.78 is 5.92. The van der Waals surface area contributed by atoms with Gasteiger partial charge in [0.1, 0.15) is 5.75 Å². The average molecular weight is 347 g/mol. The molecule has 0 heterocycles. The molecule has 0 unspecified atom stereocenters. The molecule has 0 fully saturated rings. The molecule has 0 spiro atoms. The van der Waals surface area contributed by atoms with E-state index in [-0.39, 0.29) is 11.2 Å². The molecule has 0 atom stereocenters. The van der Waals surface area contributed by atoms with Crippen molar-refractivity contribution in [2.45, 2.75) is 26.2 Å². The molecule has 21 heavy (non-hydrogen) atoms. The van der Waals surface area contributed by atoms with E-state index in [9.17, 15) is 4.79 Å². The second-order valence-electron chi connectivity index (χ2n) is 5.97. The molecule has 0 N–H and O–H groups in total. The van der Waals surface area contributed by atoms with Crippen LogP contribution in [0.25, 0.3) is 0 Å². The Morgan fingerprint density at radius 3 is 2.29 bits per heavy atom. The van der Waals surface area contributed by atoms with Crippen molar-refractivity contribution in [2.24, 2.45) is 0 Å². The summed E-state index contributed by atoms with van der Waals surface area (Å²) in [7, 11) is 1.61. The van der Waals surface area contributed by atoms with Crippen molar-refractivity contribution in [3.8, 4) is 5.75 Å². The Morgan fingerprint density at radius 2 is 1.71 bits per heavy atom. The molecule has 110 valence electrons. The summed E-state index contributed by atoms with van der Waals surface area (Å²) in [5, 5.41) is 0. The van der Waals surface area contributed by atoms with Gasteiger partial charge in [-0.1, -0.05) is 45.0 Å². The van der Waals surface area contributed by atoms with Crippen LogP contribution in [0.5, 0.6) is 5.75 Å². The van der Waals surface area contributed by atoms with E-state index >= 15 is 0 Å². The minimum atomic E-state index is -0.0782. The van der Waals surface area contributed by atoms with Gasteiger partial charge in [-0.2, -0.15) is 0 Å². The Morgan fingerprint density at radius 1 is 1.05 bits per heavy atom. The first-order valence-electron chi connectivity index (χ1n) is 6.82. The minimum absolute atomic E-state index is 0.0232. The van der Waals surface area contributed by atoms with Crippen LogP contribution < -0.4 is 4.74 Å². The number of benzene rings is 2. The number of hydrogen-bond acceptors (Lipinski definition) is 2. The van der Waals surface area contributed by atoms with Crippen molar-refractivity contribution in [1.82, 2.24) is 0 Å². The smallest absolute Gasteiger partial charge is 0.194 e. The van der Waals surface area contributed by atoms with E-state index in [1.807, 2.05) is 30.3 Å². The van der Waals surface area contributed by atoms with E-state index in [2.05, 4.69) is 36.7 Å². The van der Waals surface area contributed by atoms with Gasteiger partial charge in [0.2, 0.25) is 0 Å². The van der Waals surface area contributed by atoms with Crippen molar-refractivity contribution in [2.75, 3.05) is 7.11 Å². The number of carbonyl (C=O) groups excluding carboxylic acids is 1. The van der Waals surface area contributed by atoms with Crippen LogP contribution in [0, 0.1) is 0 Å². The fourth-order valence-electron chi connectivity index (χ4n) is 2.29. The van der Waals surface area contributed by atoms with Crippen LogP contribution in [0.4, 0.5) is 0 Å². The maximum absolute atomic E-state index is 12.9. The molecule has 0 aliphatic rings. The lowest BCUT2D eigenvalue weighted by Crippen LogP contribution is -2.17. The Labute approximate surface area is 134 Å². The summed E-state index contributed by atoms with van der Waals surface area (Å²) >= 11 is 3.46. The van der Waals surface area contributed by atoms with Crippen molar-refractivity contribution in [1.29, 1.82) is 0 Å². The minimum Gasteiger partial charge on any atom is -0.497 e. The van der Waals surface area contributed by atoms with Gasteiger partial charge in [0.05, 0.1) is 7.11 Å². The number of hydrogen-bond donors (Lipinski definition) is 0. The number of halogens is 1. The fourth-order valence-corrected chi connectivity index (χ4v) is 2.83. The van der Waals surface area contributed by atoms with Gasteiger partial charge in [-0.05, 0) is 45.1 Å². The monoisotopic (exact) mass is 346 g/mol. The molecule has 2 aromatic rings. The summed E-state index contributed by atoms with van der Waals surface area (Å²) in [6.07, 6.45) is 0. The number of carbonyl (C=O) groups is 1. The largest absolute Gasteiger partial charge is 0.497 e. The molecule has 0 bridgehead atoms. The van der Waals surface area contributed by atoms with Crippen molar-refractivity contribution in [3.63, 3.8) is 0 Å². The molecular weight excluding hydrogens is 328 g/mol. The van der Waals surface area contributed by atoms with E-state index in [0.717, 1.165) is 21.3 Å². The summed E-state index contributed by atoms with van der Waals surface area (Å²) in [6, 6.07) is 13.2. The normalized spacial score (nSPS) is 11.3. The van der Waals surface area contributed by atoms with Crippen LogP contribution in [0.1, 0.15) is 42.3 Å². The van der Waals surface area contributed by atoms with Crippen LogP contribution in [-0.2, 0) is 5.41 Å². The highest BCUT2D eigenvalue weighted by Gasteiger charge is 2.23. The molecular formula is C18H19BrO2. The van der Waals surface area contributed by atoms with Crippen LogP contribution in [0.15, 0.2) is 46.9 Å². The third-order valence-electron chi connectivity index (χ3n) is 3.40. The molecule has 2 aromatic carbocycles. The Bertz CT molecular complexity index is 669. The molecule has 0 amide bonds. The standard InChI is InChI=1S/C18H19BrO2/c1-18(2,3)15-8-6-5-7-13(15)17(20)14-10-9-12(21-4)11-16(14)19/h5-11H,1-4H3. The quantitative estimate of drug-likeness (QED) is 0.732. The Kier molecular flexibility index (Phi) is 4.52. The predicted octanol–water partition coefficient (Wildman–Crippen LogP) is 4.99. The highest BCUT2D eigenvalue weighted by molar-refractivity contribution is 9.10. The summed E-state index contributed by atoms with van der Waals surface area (Å²) in [5.41, 5.74) is 2.37. The van der Waals surface area contributed by atoms with Gasteiger partial charge in [0, 0.05) is 15.6 Å². The number of ketones is 1. The first-order valence-corrected chi connectivity index (χ1v) is 7.61. The first kappa shape index (κ1) is 15.8. The van der Waals surface area contributed by atoms with Crippen LogP contribution >= 0.6 is 15.9 Å². The molecule has 2 rings (SSSR count). The zero-order valence-electron chi connectivity index (χ0n) is 12.7. The van der Waals surface area contributed by atoms with Crippen LogP contribution in [-0.4, -0.2) is 12.9 Å². The SMILES string of the molecule is COc1ccc(C(=O)c2ccccc2C(C)(C)C)c(Br)c1. The molecule has 0 aliphatic carbocycles. The maximum Gasteiger partial charge on any atom is 0.194 e. The Balaban J connectivity index is 2.51. The van der Waals surface area contributed by atoms with E-state index in [1.54, 1.807) is 19.2 Å². The molecule has 0 aromatic heterocycles. The van der Waals surface area contributed by atoms with Gasteiger partial charge in [0.25, 0.3) is 0 Å². The molecule has 2 nitrogen and oxygen atoms in total. The van der Waals surface area contributed by atoms with Gasteiger partial charge < -0.3 is 4.74 Å². The summed E-state index contributed by atoms with van der Waals surface area (Å²) in [4.78, 5) is 12.9. The van der Waals surface area contributed by atoms with E-state index < -0.39 is 0 Å². The molecule has 0 saturated carbocycles. The first-order chi connectivity index (χ1) is 9.84.